The summed E-state index contributed by atoms with van der Waals surface area (Å²) in [4.78, 5) is 0. The topological polar surface area (TPSA) is 21.3 Å². The number of hydrogen-bond donors (Lipinski definition) is 1. The van der Waals surface area contributed by atoms with E-state index in [0.29, 0.717) is 6.04 Å². The van der Waals surface area contributed by atoms with Crippen LogP contribution in [0.5, 0.6) is 0 Å². The minimum atomic E-state index is 0.0237. The second-order valence-corrected chi connectivity index (χ2v) is 6.08. The lowest BCUT2D eigenvalue weighted by molar-refractivity contribution is -0.0481. The van der Waals surface area contributed by atoms with Crippen LogP contribution in [0.3, 0.4) is 0 Å². The lowest BCUT2D eigenvalue weighted by atomic mass is 9.85. The molecule has 0 heterocycles. The van der Waals surface area contributed by atoms with Gasteiger partial charge in [-0.25, -0.2) is 0 Å². The average molecular weight is 286 g/mol. The Morgan fingerprint density at radius 1 is 0.850 bits per heavy atom. The van der Waals surface area contributed by atoms with Crippen LogP contribution in [-0.2, 0) is 4.74 Å². The van der Waals surface area contributed by atoms with Gasteiger partial charge >= 0.3 is 0 Å². The molecule has 0 aromatic rings. The highest BCUT2D eigenvalue weighted by atomic mass is 16.5. The maximum absolute atomic E-state index is 5.85. The third kappa shape index (κ3) is 7.08. The van der Waals surface area contributed by atoms with Gasteiger partial charge in [0.1, 0.15) is 0 Å². The smallest absolute Gasteiger partial charge is 0.0825 e. The van der Waals surface area contributed by atoms with Gasteiger partial charge in [0.25, 0.3) is 0 Å². The van der Waals surface area contributed by atoms with E-state index in [-0.39, 0.29) is 5.60 Å². The van der Waals surface area contributed by atoms with E-state index in [4.69, 9.17) is 4.74 Å². The largest absolute Gasteiger partial charge is 0.377 e. The lowest BCUT2D eigenvalue weighted by Crippen LogP contribution is -2.50. The summed E-state index contributed by atoms with van der Waals surface area (Å²) in [7, 11) is 3.94. The number of unbranched alkanes of at least 4 members (excludes halogenated alkanes) is 7. The summed E-state index contributed by atoms with van der Waals surface area (Å²) in [5, 5.41) is 3.49. The average Bonchev–Trinajstić information content (AvgIpc) is 2.49. The zero-order valence-electron chi connectivity index (χ0n) is 14.8. The first-order valence-corrected chi connectivity index (χ1v) is 8.93. The molecule has 0 rings (SSSR count). The molecule has 0 aromatic heterocycles. The van der Waals surface area contributed by atoms with E-state index in [0.717, 1.165) is 12.8 Å². The Kier molecular flexibility index (Phi) is 12.6. The van der Waals surface area contributed by atoms with E-state index in [1.54, 1.807) is 0 Å². The number of hydrogen-bond acceptors (Lipinski definition) is 2. The zero-order chi connectivity index (χ0) is 15.3. The normalized spacial score (nSPS) is 13.7. The number of likely N-dealkylation sites (N-methyl/N-ethyl adjacent to an activating group) is 1. The maximum Gasteiger partial charge on any atom is 0.0825 e. The van der Waals surface area contributed by atoms with Crippen LogP contribution in [0.4, 0.5) is 0 Å². The van der Waals surface area contributed by atoms with Crippen molar-refractivity contribution >= 4 is 0 Å². The van der Waals surface area contributed by atoms with E-state index in [9.17, 15) is 0 Å². The summed E-state index contributed by atoms with van der Waals surface area (Å²) in [5.41, 5.74) is 0.0237. The third-order valence-electron chi connectivity index (χ3n) is 4.93. The quantitative estimate of drug-likeness (QED) is 0.437. The fourth-order valence-corrected chi connectivity index (χ4v) is 3.33. The molecular formula is C18H39NO. The van der Waals surface area contributed by atoms with Gasteiger partial charge in [-0.15, -0.1) is 0 Å². The van der Waals surface area contributed by atoms with Crippen molar-refractivity contribution in [3.63, 3.8) is 0 Å². The van der Waals surface area contributed by atoms with Gasteiger partial charge in [0.05, 0.1) is 5.60 Å². The molecule has 0 aromatic carbocycles. The van der Waals surface area contributed by atoms with Crippen molar-refractivity contribution in [1.29, 1.82) is 0 Å². The Morgan fingerprint density at radius 2 is 1.35 bits per heavy atom. The Labute approximate surface area is 128 Å². The van der Waals surface area contributed by atoms with Gasteiger partial charge in [-0.05, 0) is 26.3 Å². The van der Waals surface area contributed by atoms with Crippen LogP contribution in [0.15, 0.2) is 0 Å². The summed E-state index contributed by atoms with van der Waals surface area (Å²) < 4.78 is 5.85. The zero-order valence-corrected chi connectivity index (χ0v) is 14.8. The van der Waals surface area contributed by atoms with Gasteiger partial charge in [0, 0.05) is 13.2 Å². The first-order valence-electron chi connectivity index (χ1n) is 8.93. The fourth-order valence-electron chi connectivity index (χ4n) is 3.33. The van der Waals surface area contributed by atoms with Crippen LogP contribution in [0.1, 0.15) is 91.4 Å². The Bertz CT molecular complexity index is 193. The van der Waals surface area contributed by atoms with Crippen molar-refractivity contribution in [1.82, 2.24) is 5.32 Å². The van der Waals surface area contributed by atoms with Crippen molar-refractivity contribution in [3.8, 4) is 0 Å². The number of nitrogens with one attached hydrogen (secondary N) is 1. The van der Waals surface area contributed by atoms with Gasteiger partial charge in [0.2, 0.25) is 0 Å². The van der Waals surface area contributed by atoms with Crippen molar-refractivity contribution < 1.29 is 4.74 Å². The minimum absolute atomic E-state index is 0.0237. The van der Waals surface area contributed by atoms with Crippen LogP contribution in [-0.4, -0.2) is 25.8 Å². The summed E-state index contributed by atoms with van der Waals surface area (Å²) in [5.74, 6) is 0. The van der Waals surface area contributed by atoms with Gasteiger partial charge in [-0.3, -0.25) is 0 Å². The fraction of sp³-hybridized carbons (Fsp3) is 1.00. The molecule has 0 spiro atoms. The molecule has 0 fully saturated rings. The minimum Gasteiger partial charge on any atom is -0.377 e. The van der Waals surface area contributed by atoms with Gasteiger partial charge in [-0.1, -0.05) is 72.1 Å². The molecule has 2 heteroatoms. The Morgan fingerprint density at radius 3 is 1.75 bits per heavy atom. The molecule has 20 heavy (non-hydrogen) atoms. The predicted octanol–water partition coefficient (Wildman–Crippen LogP) is 5.31. The van der Waals surface area contributed by atoms with Crippen LogP contribution in [0.25, 0.3) is 0 Å². The summed E-state index contributed by atoms with van der Waals surface area (Å²) >= 11 is 0. The number of methoxy groups -OCH3 is 1. The summed E-state index contributed by atoms with van der Waals surface area (Å²) in [6.07, 6.45) is 14.5. The molecule has 0 radical (unpaired) electrons. The maximum atomic E-state index is 5.85. The Balaban J connectivity index is 3.84. The van der Waals surface area contributed by atoms with E-state index in [1.807, 2.05) is 7.11 Å². The highest BCUT2D eigenvalue weighted by molar-refractivity contribution is 4.90. The molecule has 0 amide bonds. The predicted molar refractivity (Wildman–Crippen MR) is 90.4 cm³/mol. The molecule has 0 bridgehead atoms. The van der Waals surface area contributed by atoms with Crippen molar-refractivity contribution in [2.75, 3.05) is 14.2 Å². The standard InChI is InChI=1S/C18H39NO/c1-6-9-10-11-12-13-14-15-16-17(19-4)18(7-2,8-3)20-5/h17,19H,6-16H2,1-5H3. The molecule has 1 unspecified atom stereocenters. The summed E-state index contributed by atoms with van der Waals surface area (Å²) in [6.45, 7) is 6.76. The molecule has 0 saturated heterocycles. The molecule has 0 aliphatic carbocycles. The Hall–Kier alpha value is -0.0800. The van der Waals surface area contributed by atoms with Crippen molar-refractivity contribution in [2.24, 2.45) is 0 Å². The summed E-state index contributed by atoms with van der Waals surface area (Å²) in [6, 6.07) is 0.489. The highest BCUT2D eigenvalue weighted by Gasteiger charge is 2.34. The monoisotopic (exact) mass is 285 g/mol. The van der Waals surface area contributed by atoms with Crippen LogP contribution >= 0.6 is 0 Å². The molecular weight excluding hydrogens is 246 g/mol. The van der Waals surface area contributed by atoms with Crippen LogP contribution in [0, 0.1) is 0 Å². The van der Waals surface area contributed by atoms with Crippen molar-refractivity contribution in [2.45, 2.75) is 103 Å². The van der Waals surface area contributed by atoms with E-state index < -0.39 is 0 Å². The second-order valence-electron chi connectivity index (χ2n) is 6.08. The number of ether oxygens (including phenoxy) is 1. The molecule has 1 N–H and O–H groups in total. The lowest BCUT2D eigenvalue weighted by Gasteiger charge is -2.38. The van der Waals surface area contributed by atoms with Gasteiger partial charge < -0.3 is 10.1 Å². The van der Waals surface area contributed by atoms with E-state index in [1.165, 1.54) is 57.8 Å². The molecule has 0 aliphatic rings. The van der Waals surface area contributed by atoms with Crippen LogP contribution < -0.4 is 5.32 Å². The highest BCUT2D eigenvalue weighted by Crippen LogP contribution is 2.27. The first kappa shape index (κ1) is 19.9. The van der Waals surface area contributed by atoms with Crippen molar-refractivity contribution in [3.05, 3.63) is 0 Å². The van der Waals surface area contributed by atoms with E-state index in [2.05, 4.69) is 33.1 Å². The van der Waals surface area contributed by atoms with Gasteiger partial charge in [0.15, 0.2) is 0 Å². The molecule has 0 saturated carbocycles. The molecule has 122 valence electrons. The SMILES string of the molecule is CCCCCCCCCCC(NC)C(CC)(CC)OC. The molecule has 0 aliphatic heterocycles. The molecule has 2 nitrogen and oxygen atoms in total. The van der Waals surface area contributed by atoms with E-state index >= 15 is 0 Å². The second kappa shape index (κ2) is 12.6. The van der Waals surface area contributed by atoms with Crippen LogP contribution in [0.2, 0.25) is 0 Å². The number of rotatable bonds is 14. The first-order chi connectivity index (χ1) is 9.70. The van der Waals surface area contributed by atoms with Gasteiger partial charge in [-0.2, -0.15) is 0 Å². The third-order valence-corrected chi connectivity index (χ3v) is 4.93. The molecule has 1 atom stereocenters.